The van der Waals surface area contributed by atoms with Crippen LogP contribution in [0.3, 0.4) is 0 Å². The van der Waals surface area contributed by atoms with E-state index < -0.39 is 0 Å². The molecule has 2 saturated heterocycles. The van der Waals surface area contributed by atoms with Crippen molar-refractivity contribution < 1.29 is 0 Å². The third kappa shape index (κ3) is 2.73. The molecule has 0 radical (unpaired) electrons. The summed E-state index contributed by atoms with van der Waals surface area (Å²) in [6.07, 6.45) is 3.99. The van der Waals surface area contributed by atoms with Gasteiger partial charge in [0.2, 0.25) is 0 Å². The summed E-state index contributed by atoms with van der Waals surface area (Å²) < 4.78 is 0. The fraction of sp³-hybridized carbons (Fsp3) is 0.600. The Morgan fingerprint density at radius 2 is 2.05 bits per heavy atom. The van der Waals surface area contributed by atoms with Gasteiger partial charge in [-0.15, -0.1) is 0 Å². The number of benzene rings is 1. The number of likely N-dealkylation sites (N-methyl/N-ethyl adjacent to an activating group) is 1. The highest BCUT2D eigenvalue weighted by Crippen LogP contribution is 2.29. The number of fused-ring (bicyclic) bond motifs is 2. The highest BCUT2D eigenvalue weighted by molar-refractivity contribution is 6.30. The summed E-state index contributed by atoms with van der Waals surface area (Å²) in [5, 5.41) is 0.718. The Labute approximate surface area is 120 Å². The van der Waals surface area contributed by atoms with E-state index in [1.54, 1.807) is 0 Å². The van der Waals surface area contributed by atoms with Crippen LogP contribution in [0, 0.1) is 0 Å². The summed E-state index contributed by atoms with van der Waals surface area (Å²) in [5.74, 6) is 0. The molecule has 0 spiro atoms. The second-order valence-electron chi connectivity index (χ2n) is 5.92. The Kier molecular flexibility index (Phi) is 3.70. The first-order valence-electron chi connectivity index (χ1n) is 7.11. The van der Waals surface area contributed by atoms with Crippen LogP contribution in [-0.4, -0.2) is 42.0 Å². The third-order valence-corrected chi connectivity index (χ3v) is 4.97. The standard InChI is InChI=1S/C15H22ClN3/c1-18-13-4-5-14(18)10-19(7-6-13)9-11-2-3-12(16)8-15(11)17/h2-3,8,13-14H,4-7,9-10,17H2,1H3. The number of likely N-dealkylation sites (tertiary alicyclic amines) is 1. The minimum Gasteiger partial charge on any atom is -0.398 e. The second kappa shape index (κ2) is 5.31. The topological polar surface area (TPSA) is 32.5 Å². The van der Waals surface area contributed by atoms with E-state index in [1.807, 2.05) is 12.1 Å². The van der Waals surface area contributed by atoms with Gasteiger partial charge in [-0.05, 0) is 44.0 Å². The minimum absolute atomic E-state index is 0.718. The number of nitrogens with zero attached hydrogens (tertiary/aromatic N) is 2. The number of nitrogens with two attached hydrogens (primary N) is 1. The van der Waals surface area contributed by atoms with Crippen molar-refractivity contribution in [2.24, 2.45) is 0 Å². The van der Waals surface area contributed by atoms with Gasteiger partial charge in [0, 0.05) is 42.4 Å². The van der Waals surface area contributed by atoms with Crippen molar-refractivity contribution in [2.45, 2.75) is 37.9 Å². The molecule has 2 fully saturated rings. The van der Waals surface area contributed by atoms with Crippen molar-refractivity contribution >= 4 is 17.3 Å². The third-order valence-electron chi connectivity index (χ3n) is 4.73. The average molecular weight is 280 g/mol. The van der Waals surface area contributed by atoms with Crippen LogP contribution in [0.15, 0.2) is 18.2 Å². The Morgan fingerprint density at radius 1 is 1.26 bits per heavy atom. The van der Waals surface area contributed by atoms with Gasteiger partial charge in [-0.25, -0.2) is 0 Å². The zero-order valence-electron chi connectivity index (χ0n) is 11.5. The molecule has 4 heteroatoms. The normalized spacial score (nSPS) is 28.5. The van der Waals surface area contributed by atoms with E-state index in [0.717, 1.165) is 35.9 Å². The Morgan fingerprint density at radius 3 is 2.84 bits per heavy atom. The zero-order chi connectivity index (χ0) is 13.4. The molecule has 2 atom stereocenters. The van der Waals surface area contributed by atoms with Crippen molar-refractivity contribution in [1.29, 1.82) is 0 Å². The van der Waals surface area contributed by atoms with E-state index in [2.05, 4.69) is 22.9 Å². The summed E-state index contributed by atoms with van der Waals surface area (Å²) in [4.78, 5) is 5.12. The van der Waals surface area contributed by atoms with E-state index >= 15 is 0 Å². The first-order valence-corrected chi connectivity index (χ1v) is 7.49. The van der Waals surface area contributed by atoms with Crippen molar-refractivity contribution in [3.05, 3.63) is 28.8 Å². The van der Waals surface area contributed by atoms with Crippen LogP contribution in [0.2, 0.25) is 5.02 Å². The lowest BCUT2D eigenvalue weighted by Gasteiger charge is -2.26. The van der Waals surface area contributed by atoms with Gasteiger partial charge < -0.3 is 5.73 Å². The Balaban J connectivity index is 1.70. The molecule has 2 bridgehead atoms. The molecule has 3 nitrogen and oxygen atoms in total. The molecule has 0 aromatic heterocycles. The maximum absolute atomic E-state index is 6.06. The number of rotatable bonds is 2. The molecular weight excluding hydrogens is 258 g/mol. The smallest absolute Gasteiger partial charge is 0.0426 e. The van der Waals surface area contributed by atoms with Crippen LogP contribution >= 0.6 is 11.6 Å². The van der Waals surface area contributed by atoms with Gasteiger partial charge in [-0.3, -0.25) is 9.80 Å². The average Bonchev–Trinajstić information content (AvgIpc) is 2.60. The van der Waals surface area contributed by atoms with Crippen LogP contribution in [0.5, 0.6) is 0 Å². The molecule has 104 valence electrons. The summed E-state index contributed by atoms with van der Waals surface area (Å²) in [5.41, 5.74) is 8.07. The van der Waals surface area contributed by atoms with Gasteiger partial charge in [0.25, 0.3) is 0 Å². The van der Waals surface area contributed by atoms with Crippen molar-refractivity contribution in [3.8, 4) is 0 Å². The van der Waals surface area contributed by atoms with Crippen molar-refractivity contribution in [3.63, 3.8) is 0 Å². The molecule has 0 amide bonds. The SMILES string of the molecule is CN1C2CCC1CN(Cc1ccc(Cl)cc1N)CC2. The molecule has 2 N–H and O–H groups in total. The molecule has 0 aliphatic carbocycles. The molecule has 2 aliphatic rings. The molecule has 1 aromatic rings. The highest BCUT2D eigenvalue weighted by Gasteiger charge is 2.34. The fourth-order valence-electron chi connectivity index (χ4n) is 3.47. The van der Waals surface area contributed by atoms with Crippen molar-refractivity contribution in [1.82, 2.24) is 9.80 Å². The first kappa shape index (κ1) is 13.2. The molecule has 2 heterocycles. The quantitative estimate of drug-likeness (QED) is 0.845. The van der Waals surface area contributed by atoms with Gasteiger partial charge >= 0.3 is 0 Å². The van der Waals surface area contributed by atoms with Gasteiger partial charge in [0.05, 0.1) is 0 Å². The maximum Gasteiger partial charge on any atom is 0.0426 e. The summed E-state index contributed by atoms with van der Waals surface area (Å²) in [6.45, 7) is 3.28. The predicted octanol–water partition coefficient (Wildman–Crippen LogP) is 2.59. The van der Waals surface area contributed by atoms with Crippen LogP contribution in [0.4, 0.5) is 5.69 Å². The highest BCUT2D eigenvalue weighted by atomic mass is 35.5. The van der Waals surface area contributed by atoms with Crippen molar-refractivity contribution in [2.75, 3.05) is 25.9 Å². The monoisotopic (exact) mass is 279 g/mol. The Bertz CT molecular complexity index is 463. The van der Waals surface area contributed by atoms with E-state index in [0.29, 0.717) is 0 Å². The molecule has 0 saturated carbocycles. The lowest BCUT2D eigenvalue weighted by molar-refractivity contribution is 0.215. The lowest BCUT2D eigenvalue weighted by Crippen LogP contribution is -2.36. The fourth-order valence-corrected chi connectivity index (χ4v) is 3.65. The van der Waals surface area contributed by atoms with Gasteiger partial charge in [0.15, 0.2) is 0 Å². The van der Waals surface area contributed by atoms with Crippen LogP contribution in [0.1, 0.15) is 24.8 Å². The Hall–Kier alpha value is -0.770. The first-order chi connectivity index (χ1) is 9.13. The second-order valence-corrected chi connectivity index (χ2v) is 6.35. The van der Waals surface area contributed by atoms with Crippen LogP contribution in [0.25, 0.3) is 0 Å². The van der Waals surface area contributed by atoms with Gasteiger partial charge in [0.1, 0.15) is 0 Å². The number of halogens is 1. The van der Waals surface area contributed by atoms with Gasteiger partial charge in [-0.1, -0.05) is 17.7 Å². The zero-order valence-corrected chi connectivity index (χ0v) is 12.2. The summed E-state index contributed by atoms with van der Waals surface area (Å²) in [6, 6.07) is 7.36. The van der Waals surface area contributed by atoms with E-state index in [9.17, 15) is 0 Å². The molecular formula is C15H22ClN3. The number of anilines is 1. The molecule has 1 aromatic carbocycles. The van der Waals surface area contributed by atoms with Gasteiger partial charge in [-0.2, -0.15) is 0 Å². The minimum atomic E-state index is 0.718. The predicted molar refractivity (Wildman–Crippen MR) is 80.3 cm³/mol. The largest absolute Gasteiger partial charge is 0.398 e. The molecule has 19 heavy (non-hydrogen) atoms. The van der Waals surface area contributed by atoms with E-state index in [-0.39, 0.29) is 0 Å². The van der Waals surface area contributed by atoms with E-state index in [1.165, 1.54) is 31.4 Å². The maximum atomic E-state index is 6.06. The molecule has 2 aliphatic heterocycles. The summed E-state index contributed by atoms with van der Waals surface area (Å²) >= 11 is 5.96. The lowest BCUT2D eigenvalue weighted by atomic mass is 10.1. The number of nitrogen functional groups attached to an aromatic ring is 1. The summed E-state index contributed by atoms with van der Waals surface area (Å²) in [7, 11) is 2.28. The number of hydrogen-bond donors (Lipinski definition) is 1. The molecule has 2 unspecified atom stereocenters. The van der Waals surface area contributed by atoms with E-state index in [4.69, 9.17) is 17.3 Å². The molecule has 3 rings (SSSR count). The van der Waals surface area contributed by atoms with Crippen LogP contribution < -0.4 is 5.73 Å². The van der Waals surface area contributed by atoms with Crippen LogP contribution in [-0.2, 0) is 6.54 Å². The number of hydrogen-bond acceptors (Lipinski definition) is 3.